The fourth-order valence-corrected chi connectivity index (χ4v) is 3.31. The Hall–Kier alpha value is -2.62. The van der Waals surface area contributed by atoms with Crippen molar-refractivity contribution in [3.63, 3.8) is 0 Å². The third-order valence-electron chi connectivity index (χ3n) is 4.81. The number of piperidine rings is 1. The molecule has 1 heterocycles. The van der Waals surface area contributed by atoms with E-state index in [0.29, 0.717) is 18.7 Å². The van der Waals surface area contributed by atoms with Crippen molar-refractivity contribution in [3.8, 4) is 11.1 Å². The number of benzene rings is 2. The fraction of sp³-hybridized carbons (Fsp3) is 0.333. The predicted octanol–water partition coefficient (Wildman–Crippen LogP) is 3.29. The molecule has 1 fully saturated rings. The van der Waals surface area contributed by atoms with E-state index in [1.54, 1.807) is 19.0 Å². The average molecular weight is 336 g/mol. The highest BCUT2D eigenvalue weighted by atomic mass is 16.2. The maximum absolute atomic E-state index is 12.7. The molecule has 0 N–H and O–H groups in total. The van der Waals surface area contributed by atoms with Crippen LogP contribution >= 0.6 is 0 Å². The molecule has 0 spiro atoms. The van der Waals surface area contributed by atoms with Gasteiger partial charge in [-0.3, -0.25) is 9.59 Å². The summed E-state index contributed by atoms with van der Waals surface area (Å²) < 4.78 is 0. The summed E-state index contributed by atoms with van der Waals surface area (Å²) in [6, 6.07) is 17.9. The number of hydrogen-bond donors (Lipinski definition) is 0. The Bertz CT molecular complexity index is 730. The molecule has 1 aliphatic rings. The third kappa shape index (κ3) is 3.90. The van der Waals surface area contributed by atoms with Crippen molar-refractivity contribution in [1.82, 2.24) is 9.80 Å². The highest BCUT2D eigenvalue weighted by Crippen LogP contribution is 2.23. The Labute approximate surface area is 149 Å². The molecule has 2 aromatic rings. The highest BCUT2D eigenvalue weighted by molar-refractivity contribution is 5.95. The van der Waals surface area contributed by atoms with E-state index in [1.165, 1.54) is 0 Å². The number of nitrogens with zero attached hydrogens (tertiary/aromatic N) is 2. The molecule has 3 rings (SSSR count). The summed E-state index contributed by atoms with van der Waals surface area (Å²) in [4.78, 5) is 28.2. The molecule has 0 bridgehead atoms. The van der Waals surface area contributed by atoms with Gasteiger partial charge in [-0.15, -0.1) is 0 Å². The third-order valence-corrected chi connectivity index (χ3v) is 4.81. The number of hydrogen-bond acceptors (Lipinski definition) is 2. The minimum atomic E-state index is 0.0412. The van der Waals surface area contributed by atoms with E-state index in [2.05, 4.69) is 12.1 Å². The van der Waals surface area contributed by atoms with E-state index in [4.69, 9.17) is 0 Å². The predicted molar refractivity (Wildman–Crippen MR) is 99.2 cm³/mol. The van der Waals surface area contributed by atoms with Gasteiger partial charge in [0.05, 0.1) is 0 Å². The molecule has 0 unspecified atom stereocenters. The zero-order valence-electron chi connectivity index (χ0n) is 14.8. The second-order valence-corrected chi connectivity index (χ2v) is 6.74. The molecule has 0 aliphatic carbocycles. The van der Waals surface area contributed by atoms with Crippen LogP contribution in [0.5, 0.6) is 0 Å². The molecule has 4 heteroatoms. The zero-order valence-corrected chi connectivity index (χ0v) is 14.8. The molecule has 1 aliphatic heterocycles. The first-order valence-corrected chi connectivity index (χ1v) is 8.72. The molecular formula is C21H24N2O2. The summed E-state index contributed by atoms with van der Waals surface area (Å²) in [5.74, 6) is 0.259. The van der Waals surface area contributed by atoms with Crippen molar-refractivity contribution >= 4 is 11.8 Å². The minimum Gasteiger partial charge on any atom is -0.349 e. The largest absolute Gasteiger partial charge is 0.349 e. The molecule has 130 valence electrons. The SMILES string of the molecule is CN(C)C(=O)C1CCN(C(=O)c2ccc(-c3ccccc3)cc2)CC1. The molecule has 0 atom stereocenters. The van der Waals surface area contributed by atoms with Gasteiger partial charge in [-0.05, 0) is 36.1 Å². The first kappa shape index (κ1) is 17.2. The van der Waals surface area contributed by atoms with Crippen molar-refractivity contribution in [2.75, 3.05) is 27.2 Å². The quantitative estimate of drug-likeness (QED) is 0.863. The number of carbonyl (C=O) groups excluding carboxylic acids is 2. The van der Waals surface area contributed by atoms with Crippen molar-refractivity contribution in [2.45, 2.75) is 12.8 Å². The topological polar surface area (TPSA) is 40.6 Å². The van der Waals surface area contributed by atoms with Crippen LogP contribution in [0.4, 0.5) is 0 Å². The second-order valence-electron chi connectivity index (χ2n) is 6.74. The lowest BCUT2D eigenvalue weighted by atomic mass is 9.95. The number of likely N-dealkylation sites (tertiary alicyclic amines) is 1. The van der Waals surface area contributed by atoms with Crippen LogP contribution in [0.3, 0.4) is 0 Å². The molecule has 4 nitrogen and oxygen atoms in total. The first-order chi connectivity index (χ1) is 12.1. The lowest BCUT2D eigenvalue weighted by Gasteiger charge is -2.32. The van der Waals surface area contributed by atoms with Gasteiger partial charge in [-0.1, -0.05) is 42.5 Å². The van der Waals surface area contributed by atoms with Crippen molar-refractivity contribution in [1.29, 1.82) is 0 Å². The van der Waals surface area contributed by atoms with Gasteiger partial charge in [0.1, 0.15) is 0 Å². The molecule has 2 aromatic carbocycles. The van der Waals surface area contributed by atoms with E-state index in [1.807, 2.05) is 47.4 Å². The van der Waals surface area contributed by atoms with Crippen LogP contribution in [-0.4, -0.2) is 48.8 Å². The van der Waals surface area contributed by atoms with Crippen LogP contribution in [0.2, 0.25) is 0 Å². The Morgan fingerprint density at radius 1 is 0.880 bits per heavy atom. The van der Waals surface area contributed by atoms with Crippen LogP contribution < -0.4 is 0 Å². The van der Waals surface area contributed by atoms with Gasteiger partial charge in [-0.2, -0.15) is 0 Å². The van der Waals surface area contributed by atoms with Gasteiger partial charge in [0.2, 0.25) is 5.91 Å². The van der Waals surface area contributed by atoms with E-state index in [-0.39, 0.29) is 17.7 Å². The zero-order chi connectivity index (χ0) is 17.8. The summed E-state index contributed by atoms with van der Waals surface area (Å²) in [5.41, 5.74) is 2.95. The Morgan fingerprint density at radius 3 is 2.00 bits per heavy atom. The standard InChI is InChI=1S/C21H24N2O2/c1-22(2)20(24)19-12-14-23(15-13-19)21(25)18-10-8-17(9-11-18)16-6-4-3-5-7-16/h3-11,19H,12-15H2,1-2H3. The summed E-state index contributed by atoms with van der Waals surface area (Å²) in [5, 5.41) is 0. The molecule has 0 saturated carbocycles. The van der Waals surface area contributed by atoms with Crippen LogP contribution in [0.25, 0.3) is 11.1 Å². The smallest absolute Gasteiger partial charge is 0.253 e. The highest BCUT2D eigenvalue weighted by Gasteiger charge is 2.28. The maximum atomic E-state index is 12.7. The van der Waals surface area contributed by atoms with Crippen LogP contribution in [0.15, 0.2) is 54.6 Å². The number of amides is 2. The molecule has 1 saturated heterocycles. The Kier molecular flexibility index (Phi) is 5.17. The van der Waals surface area contributed by atoms with E-state index in [0.717, 1.165) is 24.0 Å². The minimum absolute atomic E-state index is 0.0412. The van der Waals surface area contributed by atoms with Crippen LogP contribution in [-0.2, 0) is 4.79 Å². The van der Waals surface area contributed by atoms with Crippen LogP contribution in [0, 0.1) is 5.92 Å². The summed E-state index contributed by atoms with van der Waals surface area (Å²) >= 11 is 0. The molecular weight excluding hydrogens is 312 g/mol. The van der Waals surface area contributed by atoms with Crippen molar-refractivity contribution < 1.29 is 9.59 Å². The van der Waals surface area contributed by atoms with Gasteiger partial charge >= 0.3 is 0 Å². The monoisotopic (exact) mass is 336 g/mol. The van der Waals surface area contributed by atoms with E-state index in [9.17, 15) is 9.59 Å². The normalized spacial score (nSPS) is 15.0. The lowest BCUT2D eigenvalue weighted by molar-refractivity contribution is -0.134. The summed E-state index contributed by atoms with van der Waals surface area (Å²) in [6.45, 7) is 1.28. The Balaban J connectivity index is 1.63. The van der Waals surface area contributed by atoms with E-state index >= 15 is 0 Å². The van der Waals surface area contributed by atoms with Gasteiger partial charge in [0, 0.05) is 38.7 Å². The maximum Gasteiger partial charge on any atom is 0.253 e. The van der Waals surface area contributed by atoms with E-state index < -0.39 is 0 Å². The lowest BCUT2D eigenvalue weighted by Crippen LogP contribution is -2.42. The number of rotatable bonds is 3. The van der Waals surface area contributed by atoms with Crippen molar-refractivity contribution in [3.05, 3.63) is 60.2 Å². The molecule has 2 amide bonds. The number of carbonyl (C=O) groups is 2. The average Bonchev–Trinajstić information content (AvgIpc) is 2.67. The van der Waals surface area contributed by atoms with Gasteiger partial charge in [-0.25, -0.2) is 0 Å². The summed E-state index contributed by atoms with van der Waals surface area (Å²) in [7, 11) is 3.57. The van der Waals surface area contributed by atoms with Gasteiger partial charge in [0.15, 0.2) is 0 Å². The second kappa shape index (κ2) is 7.51. The van der Waals surface area contributed by atoms with Crippen molar-refractivity contribution in [2.24, 2.45) is 5.92 Å². The fourth-order valence-electron chi connectivity index (χ4n) is 3.31. The molecule has 0 aromatic heterocycles. The first-order valence-electron chi connectivity index (χ1n) is 8.72. The van der Waals surface area contributed by atoms with Crippen LogP contribution in [0.1, 0.15) is 23.2 Å². The van der Waals surface area contributed by atoms with Gasteiger partial charge in [0.25, 0.3) is 5.91 Å². The molecule has 25 heavy (non-hydrogen) atoms. The summed E-state index contributed by atoms with van der Waals surface area (Å²) in [6.07, 6.45) is 1.48. The molecule has 0 radical (unpaired) electrons. The Morgan fingerprint density at radius 2 is 1.44 bits per heavy atom. The van der Waals surface area contributed by atoms with Gasteiger partial charge < -0.3 is 9.80 Å².